The number of allylic oxidation sites excluding steroid dienone is 3. The molecule has 20 heavy (non-hydrogen) atoms. The molecule has 1 saturated carbocycles. The number of rotatable bonds is 1. The van der Waals surface area contributed by atoms with Gasteiger partial charge in [0.25, 0.3) is 0 Å². The van der Waals surface area contributed by atoms with E-state index >= 15 is 0 Å². The summed E-state index contributed by atoms with van der Waals surface area (Å²) in [5.41, 5.74) is 2.09. The van der Waals surface area contributed by atoms with Crippen LogP contribution >= 0.6 is 0 Å². The van der Waals surface area contributed by atoms with Crippen LogP contribution in [-0.2, 0) is 9.53 Å². The molecule has 2 nitrogen and oxygen atoms in total. The average molecular weight is 266 g/mol. The minimum atomic E-state index is -0.0176. The Morgan fingerprint density at radius 2 is 1.80 bits per heavy atom. The molecule has 0 saturated heterocycles. The zero-order chi connectivity index (χ0) is 13.6. The Bertz CT molecular complexity index is 618. The minimum absolute atomic E-state index is 0.0176. The molecule has 1 aromatic carbocycles. The smallest absolute Gasteiger partial charge is 0.163 e. The lowest BCUT2D eigenvalue weighted by atomic mass is 9.60. The van der Waals surface area contributed by atoms with E-state index in [1.807, 2.05) is 18.2 Å². The molecule has 0 atom stereocenters. The summed E-state index contributed by atoms with van der Waals surface area (Å²) in [5, 5.41) is 0. The van der Waals surface area contributed by atoms with Crippen molar-refractivity contribution >= 4 is 11.5 Å². The molecular formula is C18H18O2. The molecule has 3 aliphatic rings. The van der Waals surface area contributed by atoms with Crippen LogP contribution in [-0.4, -0.2) is 5.78 Å². The summed E-state index contributed by atoms with van der Waals surface area (Å²) in [6, 6.07) is 10.2. The molecule has 0 bridgehead atoms. The molecule has 1 heterocycles. The largest absolute Gasteiger partial charge is 0.461 e. The number of ether oxygens (including phenoxy) is 1. The molecule has 1 fully saturated rings. The van der Waals surface area contributed by atoms with Crippen LogP contribution in [0.2, 0.25) is 0 Å². The Hall–Kier alpha value is -1.83. The van der Waals surface area contributed by atoms with Crippen molar-refractivity contribution in [2.75, 3.05) is 0 Å². The maximum Gasteiger partial charge on any atom is 0.163 e. The van der Waals surface area contributed by atoms with Gasteiger partial charge >= 0.3 is 0 Å². The molecule has 102 valence electrons. The number of benzene rings is 1. The number of Topliss-reactive ketones (excluding diaryl/α,β-unsaturated/α-hetero) is 1. The highest BCUT2D eigenvalue weighted by molar-refractivity contribution is 5.99. The van der Waals surface area contributed by atoms with Crippen molar-refractivity contribution in [2.24, 2.45) is 5.41 Å². The summed E-state index contributed by atoms with van der Waals surface area (Å²) in [6.45, 7) is 0. The lowest BCUT2D eigenvalue weighted by Crippen LogP contribution is -2.38. The fraction of sp³-hybridized carbons (Fsp3) is 0.389. The second-order valence-corrected chi connectivity index (χ2v) is 6.06. The molecule has 0 radical (unpaired) electrons. The minimum Gasteiger partial charge on any atom is -0.461 e. The van der Waals surface area contributed by atoms with Gasteiger partial charge in [-0.25, -0.2) is 0 Å². The van der Waals surface area contributed by atoms with E-state index in [0.717, 1.165) is 48.3 Å². The van der Waals surface area contributed by atoms with E-state index in [4.69, 9.17) is 4.74 Å². The second kappa shape index (κ2) is 4.34. The third-order valence-corrected chi connectivity index (χ3v) is 4.81. The Kier molecular flexibility index (Phi) is 2.59. The zero-order valence-electron chi connectivity index (χ0n) is 11.5. The van der Waals surface area contributed by atoms with E-state index in [1.54, 1.807) is 0 Å². The molecule has 0 aromatic heterocycles. The first kappa shape index (κ1) is 12.0. The number of carbonyl (C=O) groups excluding carboxylic acids is 1. The van der Waals surface area contributed by atoms with Crippen molar-refractivity contribution in [3.63, 3.8) is 0 Å². The van der Waals surface area contributed by atoms with Crippen molar-refractivity contribution in [2.45, 2.75) is 38.5 Å². The van der Waals surface area contributed by atoms with E-state index in [0.29, 0.717) is 12.2 Å². The Balaban J connectivity index is 1.80. The molecule has 1 aliphatic heterocycles. The number of carbonyl (C=O) groups is 1. The van der Waals surface area contributed by atoms with Crippen LogP contribution in [0, 0.1) is 5.41 Å². The first-order chi connectivity index (χ1) is 9.78. The Morgan fingerprint density at radius 1 is 1.00 bits per heavy atom. The van der Waals surface area contributed by atoms with Crippen molar-refractivity contribution in [3.05, 3.63) is 53.3 Å². The molecule has 1 aromatic rings. The van der Waals surface area contributed by atoms with Gasteiger partial charge in [0, 0.05) is 29.4 Å². The van der Waals surface area contributed by atoms with Gasteiger partial charge in [0.15, 0.2) is 5.78 Å². The first-order valence-electron chi connectivity index (χ1n) is 7.51. The highest BCUT2D eigenvalue weighted by atomic mass is 16.5. The summed E-state index contributed by atoms with van der Waals surface area (Å²) in [6.07, 6.45) is 8.15. The van der Waals surface area contributed by atoms with Gasteiger partial charge in [-0.05, 0) is 25.3 Å². The highest BCUT2D eigenvalue weighted by Crippen LogP contribution is 2.55. The van der Waals surface area contributed by atoms with Gasteiger partial charge in [-0.15, -0.1) is 0 Å². The van der Waals surface area contributed by atoms with E-state index < -0.39 is 0 Å². The van der Waals surface area contributed by atoms with Crippen LogP contribution in [0.25, 0.3) is 5.76 Å². The van der Waals surface area contributed by atoms with Crippen LogP contribution in [0.4, 0.5) is 0 Å². The maximum absolute atomic E-state index is 12.3. The average Bonchev–Trinajstić information content (AvgIpc) is 2.45. The van der Waals surface area contributed by atoms with Gasteiger partial charge in [0.05, 0.1) is 0 Å². The number of hydrogen-bond acceptors (Lipinski definition) is 2. The molecule has 0 amide bonds. The monoisotopic (exact) mass is 266 g/mol. The van der Waals surface area contributed by atoms with Crippen molar-refractivity contribution in [1.29, 1.82) is 0 Å². The van der Waals surface area contributed by atoms with E-state index in [2.05, 4.69) is 18.2 Å². The van der Waals surface area contributed by atoms with Crippen molar-refractivity contribution in [1.82, 2.24) is 0 Å². The topological polar surface area (TPSA) is 26.3 Å². The molecule has 0 N–H and O–H groups in total. The number of ketones is 1. The third kappa shape index (κ3) is 1.67. The lowest BCUT2D eigenvalue weighted by molar-refractivity contribution is -0.118. The fourth-order valence-electron chi connectivity index (χ4n) is 3.65. The molecule has 4 rings (SSSR count). The van der Waals surface area contributed by atoms with Crippen LogP contribution in [0.15, 0.2) is 47.7 Å². The summed E-state index contributed by atoms with van der Waals surface area (Å²) >= 11 is 0. The molecule has 1 spiro atoms. The van der Waals surface area contributed by atoms with Crippen LogP contribution < -0.4 is 0 Å². The summed E-state index contributed by atoms with van der Waals surface area (Å²) in [7, 11) is 0. The van der Waals surface area contributed by atoms with Crippen LogP contribution in [0.3, 0.4) is 0 Å². The lowest BCUT2D eigenvalue weighted by Gasteiger charge is -2.45. The van der Waals surface area contributed by atoms with E-state index in [-0.39, 0.29) is 5.41 Å². The molecule has 2 aliphatic carbocycles. The maximum atomic E-state index is 12.3. The Labute approximate surface area is 119 Å². The Morgan fingerprint density at radius 3 is 2.50 bits per heavy atom. The van der Waals surface area contributed by atoms with Gasteiger partial charge < -0.3 is 4.74 Å². The second-order valence-electron chi connectivity index (χ2n) is 6.06. The standard InChI is InChI=1S/C18H18O2/c19-14-8-4-9-15-17(14)18(10-5-11-18)12-16(20-15)13-6-2-1-3-7-13/h1-3,6-7,12H,4-5,8-11H2. The molecule has 0 unspecified atom stereocenters. The van der Waals surface area contributed by atoms with Gasteiger partial charge in [-0.3, -0.25) is 4.79 Å². The highest BCUT2D eigenvalue weighted by Gasteiger charge is 2.47. The number of hydrogen-bond donors (Lipinski definition) is 0. The predicted molar refractivity (Wildman–Crippen MR) is 77.7 cm³/mol. The first-order valence-corrected chi connectivity index (χ1v) is 7.51. The van der Waals surface area contributed by atoms with Gasteiger partial charge in [-0.1, -0.05) is 36.8 Å². The van der Waals surface area contributed by atoms with E-state index in [1.165, 1.54) is 6.42 Å². The zero-order valence-corrected chi connectivity index (χ0v) is 11.5. The normalized spacial score (nSPS) is 23.8. The predicted octanol–water partition coefficient (Wildman–Crippen LogP) is 4.24. The molecule has 2 heteroatoms. The van der Waals surface area contributed by atoms with Crippen LogP contribution in [0.1, 0.15) is 44.1 Å². The van der Waals surface area contributed by atoms with Crippen LogP contribution in [0.5, 0.6) is 0 Å². The quantitative estimate of drug-likeness (QED) is 0.760. The van der Waals surface area contributed by atoms with Gasteiger partial charge in [-0.2, -0.15) is 0 Å². The van der Waals surface area contributed by atoms with Gasteiger partial charge in [0.1, 0.15) is 11.5 Å². The fourth-order valence-corrected chi connectivity index (χ4v) is 3.65. The van der Waals surface area contributed by atoms with E-state index in [9.17, 15) is 4.79 Å². The summed E-state index contributed by atoms with van der Waals surface area (Å²) in [5.74, 6) is 2.20. The summed E-state index contributed by atoms with van der Waals surface area (Å²) < 4.78 is 6.10. The van der Waals surface area contributed by atoms with Gasteiger partial charge in [0.2, 0.25) is 0 Å². The van der Waals surface area contributed by atoms with Crippen molar-refractivity contribution < 1.29 is 9.53 Å². The van der Waals surface area contributed by atoms with Crippen molar-refractivity contribution in [3.8, 4) is 0 Å². The third-order valence-electron chi connectivity index (χ3n) is 4.81. The number of fused-ring (bicyclic) bond motifs is 1. The SMILES string of the molecule is O=C1CCCC2=C1C1(C=C(c3ccccc3)O2)CCC1. The summed E-state index contributed by atoms with van der Waals surface area (Å²) in [4.78, 5) is 12.3. The molecular weight excluding hydrogens is 248 g/mol.